The number of aryl methyl sites for hydroxylation is 4. The molecule has 0 bridgehead atoms. The number of aromatic nitrogens is 10. The monoisotopic (exact) mass is 893 g/mol. The van der Waals surface area contributed by atoms with Crippen LogP contribution in [0.25, 0.3) is 33.8 Å². The van der Waals surface area contributed by atoms with Crippen molar-refractivity contribution in [1.82, 2.24) is 48.3 Å². The quantitative estimate of drug-likeness (QED) is 0.108. The Bertz CT molecular complexity index is 2950. The number of halogens is 2. The Morgan fingerprint density at radius 3 is 1.62 bits per heavy atom. The van der Waals surface area contributed by atoms with E-state index in [2.05, 4.69) is 38.9 Å². The van der Waals surface area contributed by atoms with Crippen molar-refractivity contribution in [2.75, 3.05) is 23.8 Å². The number of nitrogens with one attached hydrogen (secondary N) is 2. The predicted octanol–water partition coefficient (Wildman–Crippen LogP) is 8.17. The van der Waals surface area contributed by atoms with Gasteiger partial charge >= 0.3 is 0 Å². The van der Waals surface area contributed by atoms with Crippen LogP contribution in [-0.4, -0.2) is 61.5 Å². The van der Waals surface area contributed by atoms with Crippen LogP contribution in [0.2, 0.25) is 0 Å². The second-order valence-electron chi connectivity index (χ2n) is 18.2. The molecular formula is C49H53F2N13O2. The summed E-state index contributed by atoms with van der Waals surface area (Å²) in [6.07, 6.45) is 13.9. The fourth-order valence-corrected chi connectivity index (χ4v) is 9.60. The first-order valence-electron chi connectivity index (χ1n) is 22.9. The zero-order valence-electron chi connectivity index (χ0n) is 37.8. The van der Waals surface area contributed by atoms with E-state index in [1.54, 1.807) is 18.3 Å². The van der Waals surface area contributed by atoms with Gasteiger partial charge in [-0.05, 0) is 87.8 Å². The second kappa shape index (κ2) is 16.5. The van der Waals surface area contributed by atoms with Crippen molar-refractivity contribution in [1.29, 1.82) is 0 Å². The van der Waals surface area contributed by atoms with Gasteiger partial charge in [-0.2, -0.15) is 10.2 Å². The molecule has 12 rings (SSSR count). The molecule has 2 fully saturated rings. The average molecular weight is 894 g/mol. The topological polar surface area (TPSA) is 165 Å². The van der Waals surface area contributed by atoms with Crippen LogP contribution in [-0.2, 0) is 40.0 Å². The van der Waals surface area contributed by atoms with Crippen LogP contribution < -0.4 is 25.8 Å². The molecule has 2 aliphatic heterocycles. The summed E-state index contributed by atoms with van der Waals surface area (Å²) in [6, 6.07) is 10.3. The van der Waals surface area contributed by atoms with Crippen LogP contribution in [0.15, 0.2) is 61.2 Å². The Morgan fingerprint density at radius 2 is 1.17 bits per heavy atom. The number of nitrogens with zero attached hydrogens (tertiary/aromatic N) is 10. The maximum Gasteiger partial charge on any atom is 0.208 e. The lowest BCUT2D eigenvalue weighted by molar-refractivity contribution is 0.356. The number of imidazole rings is 2. The Balaban J connectivity index is 0.000000146. The van der Waals surface area contributed by atoms with Crippen LogP contribution >= 0.6 is 0 Å². The molecule has 0 saturated heterocycles. The van der Waals surface area contributed by atoms with Gasteiger partial charge in [0.25, 0.3) is 0 Å². The molecule has 4 N–H and O–H groups in total. The van der Waals surface area contributed by atoms with Crippen molar-refractivity contribution in [3.63, 3.8) is 0 Å². The number of hydrogen-bond acceptors (Lipinski definition) is 11. The van der Waals surface area contributed by atoms with E-state index in [0.29, 0.717) is 73.5 Å². The highest BCUT2D eigenvalue weighted by molar-refractivity contribution is 5.77. The van der Waals surface area contributed by atoms with Crippen LogP contribution in [0.5, 0.6) is 11.5 Å². The predicted molar refractivity (Wildman–Crippen MR) is 246 cm³/mol. The molecule has 8 aromatic rings. The van der Waals surface area contributed by atoms with E-state index in [0.717, 1.165) is 98.5 Å². The van der Waals surface area contributed by atoms with Gasteiger partial charge in [0.15, 0.2) is 11.3 Å². The zero-order chi connectivity index (χ0) is 45.4. The maximum absolute atomic E-state index is 14.7. The van der Waals surface area contributed by atoms with Gasteiger partial charge in [0.1, 0.15) is 23.1 Å². The van der Waals surface area contributed by atoms with E-state index >= 15 is 0 Å². The molecule has 15 nitrogen and oxygen atoms in total. The van der Waals surface area contributed by atoms with Crippen molar-refractivity contribution in [3.8, 4) is 34.0 Å². The van der Waals surface area contributed by atoms with Crippen molar-refractivity contribution in [2.45, 2.75) is 84.3 Å². The summed E-state index contributed by atoms with van der Waals surface area (Å²) in [5.41, 5.74) is 18.7. The van der Waals surface area contributed by atoms with Crippen LogP contribution in [0.3, 0.4) is 0 Å². The summed E-state index contributed by atoms with van der Waals surface area (Å²) >= 11 is 0. The molecule has 340 valence electrons. The normalized spacial score (nSPS) is 16.1. The second-order valence-corrected chi connectivity index (χ2v) is 18.2. The minimum atomic E-state index is -0.243. The summed E-state index contributed by atoms with van der Waals surface area (Å²) in [7, 11) is 3.84. The number of hydrogen-bond donors (Lipinski definition) is 3. The summed E-state index contributed by atoms with van der Waals surface area (Å²) in [4.78, 5) is 19.4. The zero-order valence-corrected chi connectivity index (χ0v) is 37.8. The Morgan fingerprint density at radius 1 is 0.697 bits per heavy atom. The molecule has 0 amide bonds. The highest BCUT2D eigenvalue weighted by Crippen LogP contribution is 2.43. The van der Waals surface area contributed by atoms with Crippen LogP contribution in [0.1, 0.15) is 89.6 Å². The third-order valence-corrected chi connectivity index (χ3v) is 13.6. The van der Waals surface area contributed by atoms with Gasteiger partial charge in [-0.15, -0.1) is 0 Å². The highest BCUT2D eigenvalue weighted by Gasteiger charge is 2.33. The summed E-state index contributed by atoms with van der Waals surface area (Å²) in [5, 5.41) is 15.7. The molecule has 6 aromatic heterocycles. The molecule has 4 aliphatic rings. The lowest BCUT2D eigenvalue weighted by Crippen LogP contribution is -2.12. The minimum Gasteiger partial charge on any atom is -0.493 e. The fourth-order valence-electron chi connectivity index (χ4n) is 9.60. The summed E-state index contributed by atoms with van der Waals surface area (Å²) in [6.45, 7) is 7.99. The highest BCUT2D eigenvalue weighted by atomic mass is 19.1. The van der Waals surface area contributed by atoms with Gasteiger partial charge in [-0.3, -0.25) is 18.2 Å². The van der Waals surface area contributed by atoms with Crippen molar-refractivity contribution in [3.05, 3.63) is 118 Å². The first-order valence-corrected chi connectivity index (χ1v) is 22.9. The van der Waals surface area contributed by atoms with E-state index in [9.17, 15) is 8.78 Å². The number of benzene rings is 2. The Kier molecular flexibility index (Phi) is 10.5. The molecule has 66 heavy (non-hydrogen) atoms. The number of nitrogens with two attached hydrogens (primary N) is 1. The molecular weight excluding hydrogens is 841 g/mol. The molecule has 0 radical (unpaired) electrons. The van der Waals surface area contributed by atoms with Crippen molar-refractivity contribution in [2.24, 2.45) is 31.7 Å². The van der Waals surface area contributed by atoms with Gasteiger partial charge < -0.3 is 25.8 Å². The molecule has 17 heteroatoms. The number of anilines is 2. The average Bonchev–Trinajstić information content (AvgIpc) is 3.89. The number of fused-ring (bicyclic) bond motifs is 4. The SMILES string of the molecule is Cc1cc(-c2cnc(NCc3c(F)ccc4c3CCO4)n3cc(C(C)C4CC4)nc23)n(C)n1.Cc1cc(-c2cnc(NCc3c(F)ccc4c3CCO4)n3cc(C(N)C4CC4)nc23)n(C)n1. The van der Waals surface area contributed by atoms with Crippen molar-refractivity contribution < 1.29 is 18.3 Å². The third kappa shape index (κ3) is 7.67. The van der Waals surface area contributed by atoms with Crippen molar-refractivity contribution >= 4 is 23.2 Å². The van der Waals surface area contributed by atoms with Gasteiger partial charge in [0, 0.05) is 93.0 Å². The fraction of sp³-hybridized carbons (Fsp3) is 0.388. The Labute approximate surface area is 380 Å². The van der Waals surface area contributed by atoms with Crippen LogP contribution in [0.4, 0.5) is 20.7 Å². The first-order chi connectivity index (χ1) is 32.0. The van der Waals surface area contributed by atoms with E-state index in [-0.39, 0.29) is 17.7 Å². The van der Waals surface area contributed by atoms with E-state index in [4.69, 9.17) is 30.2 Å². The molecule has 2 aromatic carbocycles. The molecule has 2 unspecified atom stereocenters. The number of rotatable bonds is 12. The largest absolute Gasteiger partial charge is 0.493 e. The molecule has 0 spiro atoms. The lowest BCUT2D eigenvalue weighted by Gasteiger charge is -2.13. The standard InChI is InChI=1S/C25H27FN6O.C24H26FN7O/c1-14-10-22(31(3)30-14)19-12-28-25(32-13-21(29-24(19)32)15(2)16-4-5-16)27-11-18-17-8-9-33-23(17)7-6-20(18)26;1-13-9-20(31(2)30-13)17-11-28-24(32-12-19(29-23(17)32)22(26)14-3-4-14)27-10-16-15-7-8-33-21(15)6-5-18(16)25/h6-7,10,12-13,15-16H,4-5,8-9,11H2,1-3H3,(H,27,28);5-6,9,11-12,14,22H,3-4,7-8,10,26H2,1-2H3,(H,27,28). The molecule has 8 heterocycles. The van der Waals surface area contributed by atoms with E-state index < -0.39 is 0 Å². The third-order valence-electron chi connectivity index (χ3n) is 13.6. The van der Waals surface area contributed by atoms with E-state index in [1.807, 2.05) is 70.6 Å². The molecule has 2 saturated carbocycles. The van der Waals surface area contributed by atoms with Gasteiger partial charge in [0.05, 0.1) is 64.5 Å². The maximum atomic E-state index is 14.7. The van der Waals surface area contributed by atoms with Gasteiger partial charge in [-0.1, -0.05) is 6.92 Å². The molecule has 2 atom stereocenters. The summed E-state index contributed by atoms with van der Waals surface area (Å²) in [5.74, 6) is 3.86. The smallest absolute Gasteiger partial charge is 0.208 e. The lowest BCUT2D eigenvalue weighted by atomic mass is 10.0. The van der Waals surface area contributed by atoms with Gasteiger partial charge in [-0.25, -0.2) is 28.7 Å². The minimum absolute atomic E-state index is 0.106. The van der Waals surface area contributed by atoms with Gasteiger partial charge in [0.2, 0.25) is 11.9 Å². The number of ether oxygens (including phenoxy) is 2. The first kappa shape index (κ1) is 41.8. The van der Waals surface area contributed by atoms with Crippen LogP contribution in [0, 0.1) is 37.3 Å². The van der Waals surface area contributed by atoms with E-state index in [1.165, 1.54) is 25.0 Å². The molecule has 2 aliphatic carbocycles. The Hall–Kier alpha value is -6.88. The summed E-state index contributed by atoms with van der Waals surface area (Å²) < 4.78 is 48.1.